The standard InChI is InChI=1S/C15H20N4OS/c1-10(17-8-7-14-9-21-11(2)18-14)12-3-5-13(6-4-12)19-15(16)20/h3-6,9-10,17H,7-8H2,1-2H3,(H3,16,19,20). The summed E-state index contributed by atoms with van der Waals surface area (Å²) in [7, 11) is 0. The summed E-state index contributed by atoms with van der Waals surface area (Å²) >= 11 is 1.68. The molecule has 0 aliphatic rings. The Morgan fingerprint density at radius 2 is 2.10 bits per heavy atom. The van der Waals surface area contributed by atoms with Crippen LogP contribution >= 0.6 is 11.3 Å². The molecule has 0 aliphatic heterocycles. The van der Waals surface area contributed by atoms with Gasteiger partial charge < -0.3 is 16.4 Å². The fraction of sp³-hybridized carbons (Fsp3) is 0.333. The third kappa shape index (κ3) is 4.84. The predicted molar refractivity (Wildman–Crippen MR) is 86.6 cm³/mol. The zero-order valence-corrected chi connectivity index (χ0v) is 13.0. The van der Waals surface area contributed by atoms with E-state index in [1.54, 1.807) is 11.3 Å². The molecule has 1 aromatic heterocycles. The van der Waals surface area contributed by atoms with Gasteiger partial charge in [0.05, 0.1) is 10.7 Å². The highest BCUT2D eigenvalue weighted by atomic mass is 32.1. The molecule has 6 heteroatoms. The monoisotopic (exact) mass is 304 g/mol. The molecule has 1 unspecified atom stereocenters. The molecule has 1 atom stereocenters. The average molecular weight is 304 g/mol. The Morgan fingerprint density at radius 3 is 2.67 bits per heavy atom. The molecule has 0 saturated heterocycles. The molecule has 0 radical (unpaired) electrons. The fourth-order valence-corrected chi connectivity index (χ4v) is 2.70. The molecule has 0 fully saturated rings. The van der Waals surface area contributed by atoms with E-state index in [2.05, 4.69) is 27.9 Å². The first-order valence-electron chi connectivity index (χ1n) is 6.85. The number of nitrogens with zero attached hydrogens (tertiary/aromatic N) is 1. The number of carbonyl (C=O) groups excluding carboxylic acids is 1. The van der Waals surface area contributed by atoms with Crippen LogP contribution in [0.15, 0.2) is 29.6 Å². The van der Waals surface area contributed by atoms with E-state index < -0.39 is 6.03 Å². The summed E-state index contributed by atoms with van der Waals surface area (Å²) < 4.78 is 0. The summed E-state index contributed by atoms with van der Waals surface area (Å²) in [5.74, 6) is 0. The molecule has 0 aliphatic carbocycles. The zero-order valence-electron chi connectivity index (χ0n) is 12.2. The van der Waals surface area contributed by atoms with Crippen molar-refractivity contribution in [2.45, 2.75) is 26.3 Å². The van der Waals surface area contributed by atoms with Gasteiger partial charge in [0, 0.05) is 30.1 Å². The molecule has 21 heavy (non-hydrogen) atoms. The second kappa shape index (κ2) is 7.19. The Hall–Kier alpha value is -1.92. The lowest BCUT2D eigenvalue weighted by molar-refractivity contribution is 0.259. The molecule has 2 rings (SSSR count). The van der Waals surface area contributed by atoms with Crippen LogP contribution in [0.5, 0.6) is 0 Å². The zero-order chi connectivity index (χ0) is 15.2. The summed E-state index contributed by atoms with van der Waals surface area (Å²) in [4.78, 5) is 15.2. The molecule has 4 N–H and O–H groups in total. The number of aromatic nitrogens is 1. The third-order valence-electron chi connectivity index (χ3n) is 3.18. The van der Waals surface area contributed by atoms with E-state index in [-0.39, 0.29) is 6.04 Å². The predicted octanol–water partition coefficient (Wildman–Crippen LogP) is 2.84. The second-order valence-electron chi connectivity index (χ2n) is 4.89. The van der Waals surface area contributed by atoms with Gasteiger partial charge in [-0.15, -0.1) is 11.3 Å². The van der Waals surface area contributed by atoms with E-state index in [0.717, 1.165) is 23.7 Å². The third-order valence-corrected chi connectivity index (χ3v) is 4.00. The largest absolute Gasteiger partial charge is 0.351 e. The van der Waals surface area contributed by atoms with Gasteiger partial charge >= 0.3 is 6.03 Å². The number of anilines is 1. The van der Waals surface area contributed by atoms with Crippen LogP contribution in [-0.2, 0) is 6.42 Å². The van der Waals surface area contributed by atoms with Crippen LogP contribution in [0.3, 0.4) is 0 Å². The number of nitrogens with two attached hydrogens (primary N) is 1. The molecular formula is C15H20N4OS. The van der Waals surface area contributed by atoms with Crippen molar-refractivity contribution in [2.75, 3.05) is 11.9 Å². The van der Waals surface area contributed by atoms with Gasteiger partial charge in [0.25, 0.3) is 0 Å². The first-order chi connectivity index (χ1) is 10.0. The summed E-state index contributed by atoms with van der Waals surface area (Å²) in [5.41, 5.74) is 8.09. The van der Waals surface area contributed by atoms with Gasteiger partial charge in [-0.1, -0.05) is 12.1 Å². The van der Waals surface area contributed by atoms with E-state index in [4.69, 9.17) is 5.73 Å². The van der Waals surface area contributed by atoms with Gasteiger partial charge in [0.2, 0.25) is 0 Å². The Kier molecular flexibility index (Phi) is 5.30. The Morgan fingerprint density at radius 1 is 1.38 bits per heavy atom. The quantitative estimate of drug-likeness (QED) is 0.767. The van der Waals surface area contributed by atoms with Crippen molar-refractivity contribution in [3.05, 3.63) is 45.9 Å². The lowest BCUT2D eigenvalue weighted by Gasteiger charge is -2.14. The van der Waals surface area contributed by atoms with Crippen molar-refractivity contribution in [3.63, 3.8) is 0 Å². The number of thiazole rings is 1. The summed E-state index contributed by atoms with van der Waals surface area (Å²) in [5, 5.41) is 9.23. The number of hydrogen-bond acceptors (Lipinski definition) is 4. The summed E-state index contributed by atoms with van der Waals surface area (Å²) in [6.07, 6.45) is 0.927. The van der Waals surface area contributed by atoms with Crippen molar-refractivity contribution < 1.29 is 4.79 Å². The minimum Gasteiger partial charge on any atom is -0.351 e. The van der Waals surface area contributed by atoms with E-state index in [9.17, 15) is 4.79 Å². The molecule has 1 aromatic carbocycles. The molecular weight excluding hydrogens is 284 g/mol. The van der Waals surface area contributed by atoms with Gasteiger partial charge in [0.15, 0.2) is 0 Å². The lowest BCUT2D eigenvalue weighted by atomic mass is 10.1. The average Bonchev–Trinajstić information content (AvgIpc) is 2.84. The molecule has 2 aromatic rings. The van der Waals surface area contributed by atoms with Crippen LogP contribution in [0.2, 0.25) is 0 Å². The maximum Gasteiger partial charge on any atom is 0.316 e. The topological polar surface area (TPSA) is 80.0 Å². The molecule has 0 saturated carbocycles. The van der Waals surface area contributed by atoms with Crippen LogP contribution in [0, 0.1) is 6.92 Å². The molecule has 112 valence electrons. The Balaban J connectivity index is 1.82. The maximum atomic E-state index is 10.8. The number of rotatable bonds is 6. The van der Waals surface area contributed by atoms with E-state index in [0.29, 0.717) is 5.69 Å². The van der Waals surface area contributed by atoms with Crippen LogP contribution in [0.1, 0.15) is 29.2 Å². The van der Waals surface area contributed by atoms with Crippen molar-refractivity contribution in [3.8, 4) is 0 Å². The van der Waals surface area contributed by atoms with Crippen LogP contribution in [0.4, 0.5) is 10.5 Å². The first-order valence-corrected chi connectivity index (χ1v) is 7.73. The van der Waals surface area contributed by atoms with Crippen LogP contribution in [0.25, 0.3) is 0 Å². The lowest BCUT2D eigenvalue weighted by Crippen LogP contribution is -2.22. The van der Waals surface area contributed by atoms with Crippen molar-refractivity contribution >= 4 is 23.1 Å². The minimum atomic E-state index is -0.549. The normalized spacial score (nSPS) is 12.1. The number of nitrogens with one attached hydrogen (secondary N) is 2. The minimum absolute atomic E-state index is 0.243. The molecule has 2 amide bonds. The van der Waals surface area contributed by atoms with Gasteiger partial charge in [-0.3, -0.25) is 0 Å². The molecule has 1 heterocycles. The Labute approximate surface area is 128 Å². The number of amides is 2. The summed E-state index contributed by atoms with van der Waals surface area (Å²) in [6, 6.07) is 7.36. The van der Waals surface area contributed by atoms with Crippen LogP contribution < -0.4 is 16.4 Å². The van der Waals surface area contributed by atoms with Crippen molar-refractivity contribution in [1.82, 2.24) is 10.3 Å². The highest BCUT2D eigenvalue weighted by molar-refractivity contribution is 7.09. The number of carbonyl (C=O) groups is 1. The van der Waals surface area contributed by atoms with Crippen LogP contribution in [-0.4, -0.2) is 17.6 Å². The maximum absolute atomic E-state index is 10.8. The number of benzene rings is 1. The van der Waals surface area contributed by atoms with Gasteiger partial charge in [0.1, 0.15) is 0 Å². The van der Waals surface area contributed by atoms with E-state index in [1.165, 1.54) is 5.56 Å². The number of urea groups is 1. The van der Waals surface area contributed by atoms with Gasteiger partial charge in [-0.25, -0.2) is 9.78 Å². The first kappa shape index (κ1) is 15.5. The SMILES string of the molecule is Cc1nc(CCNC(C)c2ccc(NC(N)=O)cc2)cs1. The number of hydrogen-bond donors (Lipinski definition) is 3. The molecule has 5 nitrogen and oxygen atoms in total. The highest BCUT2D eigenvalue weighted by Crippen LogP contribution is 2.16. The highest BCUT2D eigenvalue weighted by Gasteiger charge is 2.06. The second-order valence-corrected chi connectivity index (χ2v) is 5.96. The van der Waals surface area contributed by atoms with E-state index in [1.807, 2.05) is 31.2 Å². The smallest absolute Gasteiger partial charge is 0.316 e. The van der Waals surface area contributed by atoms with Crippen molar-refractivity contribution in [1.29, 1.82) is 0 Å². The van der Waals surface area contributed by atoms with Crippen molar-refractivity contribution in [2.24, 2.45) is 5.73 Å². The summed E-state index contributed by atoms with van der Waals surface area (Å²) in [6.45, 7) is 5.01. The molecule has 0 bridgehead atoms. The number of primary amides is 1. The van der Waals surface area contributed by atoms with E-state index >= 15 is 0 Å². The molecule has 0 spiro atoms. The van der Waals surface area contributed by atoms with Gasteiger partial charge in [-0.05, 0) is 31.5 Å². The number of aryl methyl sites for hydroxylation is 1. The van der Waals surface area contributed by atoms with Gasteiger partial charge in [-0.2, -0.15) is 0 Å². The Bertz CT molecular complexity index is 594. The fourth-order valence-electron chi connectivity index (χ4n) is 2.06.